The third kappa shape index (κ3) is 7.40. The molecule has 27 heavy (non-hydrogen) atoms. The first-order valence-corrected chi connectivity index (χ1v) is 9.49. The monoisotopic (exact) mass is 484 g/mol. The van der Waals surface area contributed by atoms with Crippen molar-refractivity contribution in [2.75, 3.05) is 6.54 Å². The summed E-state index contributed by atoms with van der Waals surface area (Å²) in [6.07, 6.45) is 9.97. The highest BCUT2D eigenvalue weighted by molar-refractivity contribution is 14.0. The van der Waals surface area contributed by atoms with E-state index in [0.29, 0.717) is 25.1 Å². The molecule has 0 amide bonds. The van der Waals surface area contributed by atoms with Crippen molar-refractivity contribution in [3.05, 3.63) is 48.0 Å². The quantitative estimate of drug-likeness (QED) is 0.349. The second-order valence-electron chi connectivity index (χ2n) is 6.51. The molecular formula is C20H29IN4O2. The lowest BCUT2D eigenvalue weighted by atomic mass is 9.98. The molecule has 0 atom stereocenters. The average molecular weight is 484 g/mol. The predicted molar refractivity (Wildman–Crippen MR) is 118 cm³/mol. The summed E-state index contributed by atoms with van der Waals surface area (Å²) in [5.41, 5.74) is 1.05. The Hall–Kier alpha value is -1.77. The van der Waals surface area contributed by atoms with Gasteiger partial charge < -0.3 is 19.8 Å². The van der Waals surface area contributed by atoms with Crippen molar-refractivity contribution >= 4 is 29.9 Å². The fourth-order valence-electron chi connectivity index (χ4n) is 3.02. The molecule has 0 bridgehead atoms. The van der Waals surface area contributed by atoms with Gasteiger partial charge in [-0.25, -0.2) is 9.98 Å². The van der Waals surface area contributed by atoms with Gasteiger partial charge in [0.25, 0.3) is 0 Å². The summed E-state index contributed by atoms with van der Waals surface area (Å²) in [7, 11) is 0. The Morgan fingerprint density at radius 1 is 1.22 bits per heavy atom. The van der Waals surface area contributed by atoms with Crippen molar-refractivity contribution in [2.45, 2.75) is 58.2 Å². The van der Waals surface area contributed by atoms with Gasteiger partial charge in [0, 0.05) is 18.8 Å². The number of furan rings is 1. The van der Waals surface area contributed by atoms with Crippen LogP contribution < -0.4 is 15.4 Å². The third-order valence-corrected chi connectivity index (χ3v) is 4.41. The van der Waals surface area contributed by atoms with E-state index in [0.717, 1.165) is 36.7 Å². The van der Waals surface area contributed by atoms with Gasteiger partial charge in [-0.3, -0.25) is 0 Å². The molecule has 0 unspecified atom stereocenters. The molecule has 0 aromatic carbocycles. The molecule has 2 aromatic heterocycles. The number of ether oxygens (including phenoxy) is 1. The number of nitrogens with one attached hydrogen (secondary N) is 2. The van der Waals surface area contributed by atoms with Gasteiger partial charge in [-0.05, 0) is 50.3 Å². The highest BCUT2D eigenvalue weighted by Crippen LogP contribution is 2.22. The Labute approximate surface area is 178 Å². The standard InChI is InChI=1S/C20H28N4O2.HI/c1-2-21-20(24-15-18-9-6-12-25-18)23-14-16-10-11-19(22-13-16)26-17-7-4-3-5-8-17;/h6,9-13,17H,2-5,7-8,14-15H2,1H3,(H2,21,23,24);1H. The van der Waals surface area contributed by atoms with Gasteiger partial charge in [-0.1, -0.05) is 12.5 Å². The van der Waals surface area contributed by atoms with E-state index in [4.69, 9.17) is 9.15 Å². The van der Waals surface area contributed by atoms with Gasteiger partial charge in [0.05, 0.1) is 19.4 Å². The minimum atomic E-state index is 0. The average Bonchev–Trinajstić information content (AvgIpc) is 3.20. The van der Waals surface area contributed by atoms with Crippen LogP contribution in [0.15, 0.2) is 46.1 Å². The highest BCUT2D eigenvalue weighted by Gasteiger charge is 2.15. The Morgan fingerprint density at radius 3 is 2.74 bits per heavy atom. The molecule has 0 radical (unpaired) electrons. The molecule has 1 fully saturated rings. The van der Waals surface area contributed by atoms with Crippen LogP contribution in [0.5, 0.6) is 5.88 Å². The molecule has 148 valence electrons. The van der Waals surface area contributed by atoms with E-state index in [1.165, 1.54) is 19.3 Å². The van der Waals surface area contributed by atoms with Crippen molar-refractivity contribution in [1.29, 1.82) is 0 Å². The first-order valence-electron chi connectivity index (χ1n) is 9.49. The molecule has 7 heteroatoms. The van der Waals surface area contributed by atoms with Crippen LogP contribution in [0.1, 0.15) is 50.4 Å². The number of pyridine rings is 1. The number of nitrogens with zero attached hydrogens (tertiary/aromatic N) is 2. The van der Waals surface area contributed by atoms with Crippen LogP contribution in [-0.2, 0) is 13.1 Å². The summed E-state index contributed by atoms with van der Waals surface area (Å²) in [5, 5.41) is 6.49. The molecule has 2 N–H and O–H groups in total. The second kappa shape index (κ2) is 11.8. The lowest BCUT2D eigenvalue weighted by Gasteiger charge is -2.22. The van der Waals surface area contributed by atoms with Crippen LogP contribution in [0.2, 0.25) is 0 Å². The van der Waals surface area contributed by atoms with E-state index in [1.54, 1.807) is 6.26 Å². The van der Waals surface area contributed by atoms with Crippen LogP contribution in [0, 0.1) is 0 Å². The maximum Gasteiger partial charge on any atom is 0.213 e. The van der Waals surface area contributed by atoms with Crippen LogP contribution in [0.3, 0.4) is 0 Å². The zero-order valence-electron chi connectivity index (χ0n) is 15.8. The fourth-order valence-corrected chi connectivity index (χ4v) is 3.02. The van der Waals surface area contributed by atoms with Crippen LogP contribution in [-0.4, -0.2) is 23.6 Å². The Balaban J connectivity index is 0.00000261. The molecule has 2 heterocycles. The van der Waals surface area contributed by atoms with Crippen LogP contribution in [0.25, 0.3) is 0 Å². The van der Waals surface area contributed by atoms with E-state index in [1.807, 2.05) is 37.4 Å². The molecule has 1 aliphatic carbocycles. The Kier molecular flexibility index (Phi) is 9.44. The number of rotatable bonds is 7. The summed E-state index contributed by atoms with van der Waals surface area (Å²) in [5.74, 6) is 2.35. The summed E-state index contributed by atoms with van der Waals surface area (Å²) >= 11 is 0. The Morgan fingerprint density at radius 2 is 2.07 bits per heavy atom. The SMILES string of the molecule is CCNC(=NCc1ccc(OC2CCCCC2)nc1)NCc1ccco1.I. The number of aromatic nitrogens is 1. The van der Waals surface area contributed by atoms with E-state index in [-0.39, 0.29) is 24.0 Å². The van der Waals surface area contributed by atoms with Crippen molar-refractivity contribution in [3.63, 3.8) is 0 Å². The number of hydrogen-bond donors (Lipinski definition) is 2. The maximum atomic E-state index is 5.97. The summed E-state index contributed by atoms with van der Waals surface area (Å²) in [6.45, 7) is 4.01. The minimum absolute atomic E-state index is 0. The molecular weight excluding hydrogens is 455 g/mol. The minimum Gasteiger partial charge on any atom is -0.474 e. The molecule has 0 saturated heterocycles. The van der Waals surface area contributed by atoms with Gasteiger partial charge in [-0.15, -0.1) is 24.0 Å². The van der Waals surface area contributed by atoms with Gasteiger partial charge >= 0.3 is 0 Å². The predicted octanol–water partition coefficient (Wildman–Crippen LogP) is 4.26. The molecule has 0 aliphatic heterocycles. The van der Waals surface area contributed by atoms with E-state index >= 15 is 0 Å². The van der Waals surface area contributed by atoms with Crippen molar-refractivity contribution in [2.24, 2.45) is 4.99 Å². The summed E-state index contributed by atoms with van der Waals surface area (Å²) in [4.78, 5) is 9.04. The molecule has 1 aliphatic rings. The summed E-state index contributed by atoms with van der Waals surface area (Å²) in [6, 6.07) is 7.79. The highest BCUT2D eigenvalue weighted by atomic mass is 127. The third-order valence-electron chi connectivity index (χ3n) is 4.41. The van der Waals surface area contributed by atoms with Gasteiger partial charge in [-0.2, -0.15) is 0 Å². The van der Waals surface area contributed by atoms with Crippen LogP contribution >= 0.6 is 24.0 Å². The largest absolute Gasteiger partial charge is 0.474 e. The number of guanidine groups is 1. The van der Waals surface area contributed by atoms with E-state index in [2.05, 4.69) is 20.6 Å². The van der Waals surface area contributed by atoms with Gasteiger partial charge in [0.15, 0.2) is 5.96 Å². The van der Waals surface area contributed by atoms with Crippen LogP contribution in [0.4, 0.5) is 0 Å². The first kappa shape index (κ1) is 21.5. The zero-order chi connectivity index (χ0) is 18.0. The lowest BCUT2D eigenvalue weighted by molar-refractivity contribution is 0.148. The zero-order valence-corrected chi connectivity index (χ0v) is 18.1. The maximum absolute atomic E-state index is 5.97. The molecule has 6 nitrogen and oxygen atoms in total. The molecule has 1 saturated carbocycles. The van der Waals surface area contributed by atoms with Crippen molar-refractivity contribution in [3.8, 4) is 5.88 Å². The number of hydrogen-bond acceptors (Lipinski definition) is 4. The van der Waals surface area contributed by atoms with Crippen molar-refractivity contribution < 1.29 is 9.15 Å². The smallest absolute Gasteiger partial charge is 0.213 e. The fraction of sp³-hybridized carbons (Fsp3) is 0.500. The molecule has 0 spiro atoms. The summed E-state index contributed by atoms with van der Waals surface area (Å²) < 4.78 is 11.3. The first-order chi connectivity index (χ1) is 12.8. The van der Waals surface area contributed by atoms with Gasteiger partial charge in [0.1, 0.15) is 11.9 Å². The molecule has 3 rings (SSSR count). The number of halogens is 1. The Bertz CT molecular complexity index is 668. The number of aliphatic imine (C=N–C) groups is 1. The van der Waals surface area contributed by atoms with E-state index in [9.17, 15) is 0 Å². The second-order valence-corrected chi connectivity index (χ2v) is 6.51. The van der Waals surface area contributed by atoms with E-state index < -0.39 is 0 Å². The lowest BCUT2D eigenvalue weighted by Crippen LogP contribution is -2.36. The van der Waals surface area contributed by atoms with Crippen molar-refractivity contribution in [1.82, 2.24) is 15.6 Å². The molecule has 2 aromatic rings. The normalized spacial score (nSPS) is 15.1. The topological polar surface area (TPSA) is 71.7 Å². The van der Waals surface area contributed by atoms with Gasteiger partial charge in [0.2, 0.25) is 5.88 Å².